The lowest BCUT2D eigenvalue weighted by molar-refractivity contribution is -0.131. The van der Waals surface area contributed by atoms with E-state index in [1.54, 1.807) is 11.3 Å². The summed E-state index contributed by atoms with van der Waals surface area (Å²) >= 11 is 5.14. The van der Waals surface area contributed by atoms with Crippen LogP contribution < -0.4 is 5.73 Å². The van der Waals surface area contributed by atoms with E-state index in [1.807, 2.05) is 4.90 Å². The Kier molecular flexibility index (Phi) is 6.80. The number of aryl methyl sites for hydroxylation is 1. The Morgan fingerprint density at radius 3 is 2.89 bits per heavy atom. The first-order valence-corrected chi connectivity index (χ1v) is 8.00. The molecule has 108 valence electrons. The predicted molar refractivity (Wildman–Crippen MR) is 85.9 cm³/mol. The summed E-state index contributed by atoms with van der Waals surface area (Å²) in [7, 11) is 0. The molecule has 1 aromatic heterocycles. The van der Waals surface area contributed by atoms with Crippen LogP contribution in [0.3, 0.4) is 0 Å². The van der Waals surface area contributed by atoms with Crippen LogP contribution in [0.25, 0.3) is 0 Å². The molecule has 0 radical (unpaired) electrons. The molecule has 0 aliphatic carbocycles. The maximum absolute atomic E-state index is 12.2. The molecule has 0 spiro atoms. The summed E-state index contributed by atoms with van der Waals surface area (Å²) < 4.78 is 1.10. The third-order valence-corrected chi connectivity index (χ3v) is 5.28. The Bertz CT molecular complexity index is 427. The number of halogens is 2. The summed E-state index contributed by atoms with van der Waals surface area (Å²) in [5.41, 5.74) is 5.68. The van der Waals surface area contributed by atoms with Crippen molar-refractivity contribution in [1.29, 1.82) is 0 Å². The highest BCUT2D eigenvalue weighted by Gasteiger charge is 2.31. The quantitative estimate of drug-likeness (QED) is 0.889. The molecular formula is C13H20BrClN2OS. The molecule has 2 atom stereocenters. The fourth-order valence-electron chi connectivity index (χ4n) is 2.52. The van der Waals surface area contributed by atoms with Crippen molar-refractivity contribution < 1.29 is 4.79 Å². The van der Waals surface area contributed by atoms with Crippen molar-refractivity contribution in [1.82, 2.24) is 4.90 Å². The number of hydrogen-bond acceptors (Lipinski definition) is 3. The molecule has 1 saturated heterocycles. The number of rotatable bonds is 4. The highest BCUT2D eigenvalue weighted by atomic mass is 79.9. The zero-order valence-electron chi connectivity index (χ0n) is 11.0. The van der Waals surface area contributed by atoms with Gasteiger partial charge in [-0.1, -0.05) is 0 Å². The first-order chi connectivity index (χ1) is 8.60. The third kappa shape index (κ3) is 4.45. The van der Waals surface area contributed by atoms with E-state index in [1.165, 1.54) is 4.88 Å². The number of nitrogens with zero attached hydrogens (tertiary/aromatic N) is 1. The molecule has 0 bridgehead atoms. The van der Waals surface area contributed by atoms with Gasteiger partial charge in [-0.25, -0.2) is 0 Å². The summed E-state index contributed by atoms with van der Waals surface area (Å²) in [4.78, 5) is 15.4. The zero-order valence-corrected chi connectivity index (χ0v) is 14.2. The average Bonchev–Trinajstić information content (AvgIpc) is 2.92. The summed E-state index contributed by atoms with van der Waals surface area (Å²) in [6.07, 6.45) is 2.49. The minimum absolute atomic E-state index is 0. The fraction of sp³-hybridized carbons (Fsp3) is 0.615. The third-order valence-electron chi connectivity index (χ3n) is 3.52. The van der Waals surface area contributed by atoms with Crippen LogP contribution >= 0.6 is 39.7 Å². The lowest BCUT2D eigenvalue weighted by Crippen LogP contribution is -2.34. The van der Waals surface area contributed by atoms with Gasteiger partial charge in [0.15, 0.2) is 0 Å². The molecule has 0 aromatic carbocycles. The number of likely N-dealkylation sites (tertiary alicyclic amines) is 1. The van der Waals surface area contributed by atoms with Crippen LogP contribution in [0.2, 0.25) is 0 Å². The van der Waals surface area contributed by atoms with Crippen LogP contribution in [0.15, 0.2) is 15.9 Å². The molecule has 0 saturated carbocycles. The van der Waals surface area contributed by atoms with Gasteiger partial charge < -0.3 is 10.6 Å². The molecule has 2 rings (SSSR count). The van der Waals surface area contributed by atoms with Gasteiger partial charge in [-0.2, -0.15) is 0 Å². The van der Waals surface area contributed by atoms with Gasteiger partial charge in [0.1, 0.15) is 0 Å². The Morgan fingerprint density at radius 2 is 2.37 bits per heavy atom. The van der Waals surface area contributed by atoms with Crippen molar-refractivity contribution in [3.8, 4) is 0 Å². The van der Waals surface area contributed by atoms with Crippen molar-refractivity contribution in [3.63, 3.8) is 0 Å². The average molecular weight is 368 g/mol. The second kappa shape index (κ2) is 7.62. The maximum atomic E-state index is 12.2. The molecular weight excluding hydrogens is 348 g/mol. The summed E-state index contributed by atoms with van der Waals surface area (Å²) in [6, 6.07) is 2.44. The van der Waals surface area contributed by atoms with E-state index in [0.717, 1.165) is 23.9 Å². The van der Waals surface area contributed by atoms with Crippen molar-refractivity contribution in [2.24, 2.45) is 11.7 Å². The normalized spacial score (nSPS) is 22.4. The van der Waals surface area contributed by atoms with E-state index >= 15 is 0 Å². The molecule has 1 aliphatic heterocycles. The van der Waals surface area contributed by atoms with E-state index < -0.39 is 0 Å². The van der Waals surface area contributed by atoms with Gasteiger partial charge in [-0.3, -0.25) is 4.79 Å². The van der Waals surface area contributed by atoms with Gasteiger partial charge in [-0.15, -0.1) is 23.7 Å². The first-order valence-electron chi connectivity index (χ1n) is 6.32. The summed E-state index contributed by atoms with van der Waals surface area (Å²) in [6.45, 7) is 3.64. The number of carbonyl (C=O) groups excluding carboxylic acids is 1. The van der Waals surface area contributed by atoms with E-state index in [2.05, 4.69) is 34.3 Å². The number of carbonyl (C=O) groups is 1. The van der Waals surface area contributed by atoms with Crippen LogP contribution in [-0.2, 0) is 11.2 Å². The van der Waals surface area contributed by atoms with Crippen LogP contribution in [0.5, 0.6) is 0 Å². The zero-order chi connectivity index (χ0) is 13.1. The molecule has 1 aliphatic rings. The summed E-state index contributed by atoms with van der Waals surface area (Å²) in [5.74, 6) is 0.753. The lowest BCUT2D eigenvalue weighted by Gasteiger charge is -2.21. The molecule has 2 unspecified atom stereocenters. The number of nitrogens with two attached hydrogens (primary N) is 1. The molecule has 1 aromatic rings. The standard InChI is InChI=1S/C13H19BrN2OS.ClH/c1-9-4-10(6-15)7-16(9)13(17)3-2-12-5-11(14)8-18-12;/h5,8-10H,2-4,6-7,15H2,1H3;1H. The Labute approximate surface area is 133 Å². The molecule has 3 nitrogen and oxygen atoms in total. The predicted octanol–water partition coefficient (Wildman–Crippen LogP) is 3.06. The summed E-state index contributed by atoms with van der Waals surface area (Å²) in [5, 5.41) is 2.06. The maximum Gasteiger partial charge on any atom is 0.223 e. The van der Waals surface area contributed by atoms with Crippen LogP contribution in [0, 0.1) is 5.92 Å². The van der Waals surface area contributed by atoms with Gasteiger partial charge in [0.05, 0.1) is 0 Å². The molecule has 2 heterocycles. The lowest BCUT2D eigenvalue weighted by atomic mass is 10.1. The smallest absolute Gasteiger partial charge is 0.223 e. The van der Waals surface area contributed by atoms with Crippen LogP contribution in [0.1, 0.15) is 24.6 Å². The van der Waals surface area contributed by atoms with Crippen molar-refractivity contribution in [2.45, 2.75) is 32.2 Å². The second-order valence-corrected chi connectivity index (χ2v) is 6.88. The van der Waals surface area contributed by atoms with Gasteiger partial charge in [0.25, 0.3) is 0 Å². The molecule has 1 fully saturated rings. The van der Waals surface area contributed by atoms with E-state index in [-0.39, 0.29) is 18.3 Å². The van der Waals surface area contributed by atoms with Crippen molar-refractivity contribution >= 4 is 45.6 Å². The highest BCUT2D eigenvalue weighted by molar-refractivity contribution is 9.10. The van der Waals surface area contributed by atoms with Crippen molar-refractivity contribution in [2.75, 3.05) is 13.1 Å². The van der Waals surface area contributed by atoms with E-state index in [0.29, 0.717) is 24.9 Å². The SMILES string of the molecule is CC1CC(CN)CN1C(=O)CCc1cc(Br)cs1.Cl. The largest absolute Gasteiger partial charge is 0.340 e. The van der Waals surface area contributed by atoms with Crippen molar-refractivity contribution in [3.05, 3.63) is 20.8 Å². The Morgan fingerprint density at radius 1 is 1.63 bits per heavy atom. The molecule has 19 heavy (non-hydrogen) atoms. The van der Waals surface area contributed by atoms with Gasteiger partial charge >= 0.3 is 0 Å². The number of amides is 1. The van der Waals surface area contributed by atoms with Crippen LogP contribution in [0.4, 0.5) is 0 Å². The molecule has 1 amide bonds. The van der Waals surface area contributed by atoms with Gasteiger partial charge in [0.2, 0.25) is 5.91 Å². The minimum atomic E-state index is 0. The van der Waals surface area contributed by atoms with E-state index in [9.17, 15) is 4.79 Å². The topological polar surface area (TPSA) is 46.3 Å². The Hall–Kier alpha value is -0.100. The molecule has 2 N–H and O–H groups in total. The number of hydrogen-bond donors (Lipinski definition) is 1. The minimum Gasteiger partial charge on any atom is -0.340 e. The molecule has 6 heteroatoms. The van der Waals surface area contributed by atoms with Gasteiger partial charge in [0, 0.05) is 33.7 Å². The fourth-order valence-corrected chi connectivity index (χ4v) is 3.97. The number of thiophene rings is 1. The van der Waals surface area contributed by atoms with Gasteiger partial charge in [-0.05, 0) is 54.2 Å². The van der Waals surface area contributed by atoms with Crippen LogP contribution in [-0.4, -0.2) is 29.9 Å². The first kappa shape index (κ1) is 17.0. The Balaban J connectivity index is 0.00000180. The van der Waals surface area contributed by atoms with E-state index in [4.69, 9.17) is 5.73 Å². The second-order valence-electron chi connectivity index (χ2n) is 4.96. The monoisotopic (exact) mass is 366 g/mol. The highest BCUT2D eigenvalue weighted by Crippen LogP contribution is 2.25.